The third-order valence-corrected chi connectivity index (χ3v) is 2.59. The second-order valence-electron chi connectivity index (χ2n) is 4.03. The largest absolute Gasteiger partial charge is 0.496 e. The lowest BCUT2D eigenvalue weighted by Gasteiger charge is -2.22. The van der Waals surface area contributed by atoms with Crippen molar-refractivity contribution in [3.63, 3.8) is 0 Å². The zero-order chi connectivity index (χ0) is 11.5. The monoisotopic (exact) mass is 223 g/mol. The van der Waals surface area contributed by atoms with Crippen molar-refractivity contribution in [3.8, 4) is 11.5 Å². The van der Waals surface area contributed by atoms with Crippen LogP contribution in [0.5, 0.6) is 11.5 Å². The van der Waals surface area contributed by atoms with Gasteiger partial charge in [0.1, 0.15) is 11.5 Å². The molecule has 1 aliphatic rings. The molecule has 4 heteroatoms. The van der Waals surface area contributed by atoms with Gasteiger partial charge >= 0.3 is 0 Å². The first-order valence-corrected chi connectivity index (χ1v) is 5.37. The van der Waals surface area contributed by atoms with Crippen LogP contribution in [0.4, 0.5) is 0 Å². The van der Waals surface area contributed by atoms with Gasteiger partial charge in [-0.1, -0.05) is 6.07 Å². The molecule has 0 amide bonds. The van der Waals surface area contributed by atoms with Crippen molar-refractivity contribution in [2.75, 3.05) is 13.9 Å². The molecule has 2 rings (SSSR count). The molecule has 0 aromatic heterocycles. The third kappa shape index (κ3) is 2.13. The van der Waals surface area contributed by atoms with Crippen molar-refractivity contribution in [1.82, 2.24) is 0 Å². The minimum Gasteiger partial charge on any atom is -0.496 e. The molecule has 0 fully saturated rings. The summed E-state index contributed by atoms with van der Waals surface area (Å²) in [6.07, 6.45) is 0.788. The minimum absolute atomic E-state index is 0.109. The van der Waals surface area contributed by atoms with Gasteiger partial charge in [-0.2, -0.15) is 0 Å². The number of hydrogen-bond donors (Lipinski definition) is 1. The Kier molecular flexibility index (Phi) is 3.31. The lowest BCUT2D eigenvalue weighted by molar-refractivity contribution is -0.0175. The molecule has 0 spiro atoms. The number of ether oxygens (including phenoxy) is 3. The van der Waals surface area contributed by atoms with Gasteiger partial charge in [0.25, 0.3) is 0 Å². The highest BCUT2D eigenvalue weighted by molar-refractivity contribution is 5.50. The van der Waals surface area contributed by atoms with Crippen LogP contribution >= 0.6 is 0 Å². The fourth-order valence-corrected chi connectivity index (χ4v) is 1.94. The van der Waals surface area contributed by atoms with Crippen LogP contribution in [-0.2, 0) is 17.8 Å². The van der Waals surface area contributed by atoms with E-state index in [0.29, 0.717) is 13.4 Å². The lowest BCUT2D eigenvalue weighted by atomic mass is 10.0. The molecule has 1 aromatic carbocycles. The van der Waals surface area contributed by atoms with E-state index < -0.39 is 0 Å². The van der Waals surface area contributed by atoms with Crippen molar-refractivity contribution in [2.45, 2.75) is 26.0 Å². The maximum absolute atomic E-state index is 5.81. The van der Waals surface area contributed by atoms with Gasteiger partial charge in [0, 0.05) is 6.04 Å². The van der Waals surface area contributed by atoms with Crippen LogP contribution in [0.15, 0.2) is 12.1 Å². The van der Waals surface area contributed by atoms with E-state index in [9.17, 15) is 0 Å². The fourth-order valence-electron chi connectivity index (χ4n) is 1.94. The smallest absolute Gasteiger partial charge is 0.189 e. The molecule has 0 radical (unpaired) electrons. The summed E-state index contributed by atoms with van der Waals surface area (Å²) in [6.45, 7) is 2.82. The highest BCUT2D eigenvalue weighted by Crippen LogP contribution is 2.35. The SMILES string of the molecule is COc1c(CC(C)N)ccc2c1COCO2. The normalized spacial score (nSPS) is 16.2. The van der Waals surface area contributed by atoms with Crippen molar-refractivity contribution < 1.29 is 14.2 Å². The van der Waals surface area contributed by atoms with E-state index in [0.717, 1.165) is 29.0 Å². The molecule has 0 bridgehead atoms. The van der Waals surface area contributed by atoms with E-state index in [1.54, 1.807) is 7.11 Å². The molecule has 1 unspecified atom stereocenters. The van der Waals surface area contributed by atoms with E-state index in [1.165, 1.54) is 0 Å². The fraction of sp³-hybridized carbons (Fsp3) is 0.500. The average Bonchev–Trinajstić information content (AvgIpc) is 2.28. The summed E-state index contributed by atoms with van der Waals surface area (Å²) in [6, 6.07) is 4.07. The maximum Gasteiger partial charge on any atom is 0.189 e. The van der Waals surface area contributed by atoms with E-state index in [1.807, 2.05) is 19.1 Å². The number of benzene rings is 1. The number of hydrogen-bond acceptors (Lipinski definition) is 4. The van der Waals surface area contributed by atoms with Crippen molar-refractivity contribution in [1.29, 1.82) is 0 Å². The highest BCUT2D eigenvalue weighted by atomic mass is 16.7. The highest BCUT2D eigenvalue weighted by Gasteiger charge is 2.19. The number of fused-ring (bicyclic) bond motifs is 1. The van der Waals surface area contributed by atoms with Gasteiger partial charge in [-0.05, 0) is 25.0 Å². The van der Waals surface area contributed by atoms with Gasteiger partial charge < -0.3 is 19.9 Å². The summed E-state index contributed by atoms with van der Waals surface area (Å²) in [7, 11) is 1.66. The van der Waals surface area contributed by atoms with Crippen LogP contribution in [-0.4, -0.2) is 19.9 Å². The zero-order valence-corrected chi connectivity index (χ0v) is 9.66. The molecule has 1 aromatic rings. The van der Waals surface area contributed by atoms with Gasteiger partial charge in [0.2, 0.25) is 0 Å². The Bertz CT molecular complexity index is 377. The van der Waals surface area contributed by atoms with E-state index in [2.05, 4.69) is 0 Å². The van der Waals surface area contributed by atoms with E-state index >= 15 is 0 Å². The molecule has 2 N–H and O–H groups in total. The van der Waals surface area contributed by atoms with Gasteiger partial charge in [-0.3, -0.25) is 0 Å². The summed E-state index contributed by atoms with van der Waals surface area (Å²) in [4.78, 5) is 0. The van der Waals surface area contributed by atoms with Crippen LogP contribution in [0.2, 0.25) is 0 Å². The molecule has 1 aliphatic heterocycles. The first-order valence-electron chi connectivity index (χ1n) is 5.37. The molecule has 1 heterocycles. The first kappa shape index (κ1) is 11.2. The Morgan fingerprint density at radius 2 is 2.31 bits per heavy atom. The topological polar surface area (TPSA) is 53.7 Å². The van der Waals surface area contributed by atoms with Crippen LogP contribution < -0.4 is 15.2 Å². The number of nitrogens with two attached hydrogens (primary N) is 1. The van der Waals surface area contributed by atoms with Crippen LogP contribution in [0.3, 0.4) is 0 Å². The zero-order valence-electron chi connectivity index (χ0n) is 9.66. The van der Waals surface area contributed by atoms with Crippen molar-refractivity contribution in [3.05, 3.63) is 23.3 Å². The van der Waals surface area contributed by atoms with Gasteiger partial charge in [0.05, 0.1) is 19.3 Å². The Hall–Kier alpha value is -1.26. The maximum atomic E-state index is 5.81. The first-order chi connectivity index (χ1) is 7.72. The van der Waals surface area contributed by atoms with Crippen molar-refractivity contribution in [2.24, 2.45) is 5.73 Å². The second-order valence-corrected chi connectivity index (χ2v) is 4.03. The average molecular weight is 223 g/mol. The van der Waals surface area contributed by atoms with Gasteiger partial charge in [0.15, 0.2) is 6.79 Å². The Balaban J connectivity index is 2.39. The number of rotatable bonds is 3. The molecular formula is C12H17NO3. The quantitative estimate of drug-likeness (QED) is 0.842. The molecule has 4 nitrogen and oxygen atoms in total. The molecule has 0 aliphatic carbocycles. The standard InChI is InChI=1S/C12H17NO3/c1-8(13)5-9-3-4-11-10(12(9)14-2)6-15-7-16-11/h3-4,8H,5-7,13H2,1-2H3. The van der Waals surface area contributed by atoms with Crippen LogP contribution in [0.1, 0.15) is 18.1 Å². The molecule has 1 atom stereocenters. The summed E-state index contributed by atoms with van der Waals surface area (Å²) < 4.78 is 16.1. The second kappa shape index (κ2) is 4.72. The molecule has 16 heavy (non-hydrogen) atoms. The van der Waals surface area contributed by atoms with Gasteiger partial charge in [-0.25, -0.2) is 0 Å². The predicted octanol–water partition coefficient (Wildman–Crippen LogP) is 1.45. The van der Waals surface area contributed by atoms with Crippen LogP contribution in [0, 0.1) is 0 Å². The van der Waals surface area contributed by atoms with Crippen LogP contribution in [0.25, 0.3) is 0 Å². The molecular weight excluding hydrogens is 206 g/mol. The van der Waals surface area contributed by atoms with Gasteiger partial charge in [-0.15, -0.1) is 0 Å². The Morgan fingerprint density at radius 3 is 3.00 bits per heavy atom. The lowest BCUT2D eigenvalue weighted by Crippen LogP contribution is -2.19. The molecule has 0 saturated heterocycles. The summed E-state index contributed by atoms with van der Waals surface area (Å²) in [5, 5.41) is 0. The molecule has 88 valence electrons. The summed E-state index contributed by atoms with van der Waals surface area (Å²) in [5.41, 5.74) is 7.89. The van der Waals surface area contributed by atoms with E-state index in [4.69, 9.17) is 19.9 Å². The minimum atomic E-state index is 0.109. The summed E-state index contributed by atoms with van der Waals surface area (Å²) >= 11 is 0. The predicted molar refractivity (Wildman–Crippen MR) is 60.6 cm³/mol. The number of methoxy groups -OCH3 is 1. The Morgan fingerprint density at radius 1 is 1.50 bits per heavy atom. The van der Waals surface area contributed by atoms with Crippen molar-refractivity contribution >= 4 is 0 Å². The third-order valence-electron chi connectivity index (χ3n) is 2.59. The summed E-state index contributed by atoms with van der Waals surface area (Å²) in [5.74, 6) is 1.69. The molecule has 0 saturated carbocycles. The Labute approximate surface area is 95.3 Å². The van der Waals surface area contributed by atoms with E-state index in [-0.39, 0.29) is 6.04 Å².